The quantitative estimate of drug-likeness (QED) is 0.560. The van der Waals surface area contributed by atoms with Crippen molar-refractivity contribution in [3.63, 3.8) is 0 Å². The van der Waals surface area contributed by atoms with Gasteiger partial charge in [0.15, 0.2) is 0 Å². The van der Waals surface area contributed by atoms with E-state index in [-0.39, 0.29) is 30.0 Å². The SMILES string of the molecule is C#C[C@H](C)NC(=O)N[C@H]1CC[C@H](C(=O)OC)C1. The lowest BCUT2D eigenvalue weighted by Crippen LogP contribution is -2.44. The molecule has 1 aliphatic carbocycles. The first-order valence-electron chi connectivity index (χ1n) is 5.67. The van der Waals surface area contributed by atoms with Gasteiger partial charge in [0.2, 0.25) is 0 Å². The van der Waals surface area contributed by atoms with Crippen molar-refractivity contribution in [3.05, 3.63) is 0 Å². The maximum atomic E-state index is 11.5. The molecule has 1 fully saturated rings. The maximum Gasteiger partial charge on any atom is 0.315 e. The molecule has 0 aromatic rings. The highest BCUT2D eigenvalue weighted by atomic mass is 16.5. The zero-order valence-corrected chi connectivity index (χ0v) is 10.2. The van der Waals surface area contributed by atoms with Gasteiger partial charge in [-0.1, -0.05) is 5.92 Å². The molecule has 1 aliphatic rings. The largest absolute Gasteiger partial charge is 0.469 e. The zero-order chi connectivity index (χ0) is 12.8. The summed E-state index contributed by atoms with van der Waals surface area (Å²) in [6, 6.07) is -0.567. The summed E-state index contributed by atoms with van der Waals surface area (Å²) in [4.78, 5) is 22.8. The molecule has 0 radical (unpaired) electrons. The molecule has 17 heavy (non-hydrogen) atoms. The van der Waals surface area contributed by atoms with Gasteiger partial charge in [-0.25, -0.2) is 4.79 Å². The van der Waals surface area contributed by atoms with E-state index in [9.17, 15) is 9.59 Å². The molecule has 0 heterocycles. The van der Waals surface area contributed by atoms with E-state index in [2.05, 4.69) is 21.3 Å². The second kappa shape index (κ2) is 6.14. The van der Waals surface area contributed by atoms with Crippen LogP contribution in [0.25, 0.3) is 0 Å². The molecule has 0 spiro atoms. The number of terminal acetylenes is 1. The van der Waals surface area contributed by atoms with Crippen molar-refractivity contribution in [1.82, 2.24) is 10.6 Å². The molecule has 0 saturated heterocycles. The van der Waals surface area contributed by atoms with Crippen LogP contribution in [0.1, 0.15) is 26.2 Å². The van der Waals surface area contributed by atoms with E-state index in [1.807, 2.05) is 0 Å². The van der Waals surface area contributed by atoms with E-state index in [0.29, 0.717) is 6.42 Å². The molecule has 2 N–H and O–H groups in total. The van der Waals surface area contributed by atoms with Crippen LogP contribution in [0, 0.1) is 18.3 Å². The Morgan fingerprint density at radius 1 is 1.47 bits per heavy atom. The minimum absolute atomic E-state index is 0.0177. The van der Waals surface area contributed by atoms with Gasteiger partial charge in [-0.05, 0) is 26.2 Å². The summed E-state index contributed by atoms with van der Waals surface area (Å²) in [6.07, 6.45) is 7.33. The molecule has 94 valence electrons. The molecule has 2 amide bonds. The minimum Gasteiger partial charge on any atom is -0.469 e. The fraction of sp³-hybridized carbons (Fsp3) is 0.667. The van der Waals surface area contributed by atoms with Crippen LogP contribution in [-0.2, 0) is 9.53 Å². The van der Waals surface area contributed by atoms with Crippen LogP contribution in [0.4, 0.5) is 4.79 Å². The summed E-state index contributed by atoms with van der Waals surface area (Å²) >= 11 is 0. The predicted octanol–water partition coefficient (Wildman–Crippen LogP) is 0.649. The van der Waals surface area contributed by atoms with E-state index < -0.39 is 0 Å². The van der Waals surface area contributed by atoms with Gasteiger partial charge in [-0.2, -0.15) is 0 Å². The molecule has 1 rings (SSSR count). The summed E-state index contributed by atoms with van der Waals surface area (Å²) in [5.41, 5.74) is 0. The minimum atomic E-state index is -0.298. The van der Waals surface area contributed by atoms with Crippen LogP contribution < -0.4 is 10.6 Å². The van der Waals surface area contributed by atoms with Crippen molar-refractivity contribution in [1.29, 1.82) is 0 Å². The molecule has 1 saturated carbocycles. The van der Waals surface area contributed by atoms with E-state index >= 15 is 0 Å². The van der Waals surface area contributed by atoms with E-state index in [0.717, 1.165) is 12.8 Å². The van der Waals surface area contributed by atoms with Gasteiger partial charge in [0, 0.05) is 6.04 Å². The highest BCUT2D eigenvalue weighted by Gasteiger charge is 2.31. The number of carbonyl (C=O) groups is 2. The Morgan fingerprint density at radius 3 is 2.76 bits per heavy atom. The number of hydrogen-bond acceptors (Lipinski definition) is 3. The molecule has 5 heteroatoms. The summed E-state index contributed by atoms with van der Waals surface area (Å²) in [5, 5.41) is 5.41. The Bertz CT molecular complexity index is 335. The van der Waals surface area contributed by atoms with Gasteiger partial charge in [-0.15, -0.1) is 6.42 Å². The summed E-state index contributed by atoms with van der Waals surface area (Å²) in [5.74, 6) is 2.11. The van der Waals surface area contributed by atoms with E-state index in [1.165, 1.54) is 7.11 Å². The van der Waals surface area contributed by atoms with Crippen LogP contribution >= 0.6 is 0 Å². The lowest BCUT2D eigenvalue weighted by molar-refractivity contribution is -0.145. The third-order valence-electron chi connectivity index (χ3n) is 2.90. The average Bonchev–Trinajstić information content (AvgIpc) is 2.76. The van der Waals surface area contributed by atoms with Gasteiger partial charge in [0.25, 0.3) is 0 Å². The van der Waals surface area contributed by atoms with E-state index in [4.69, 9.17) is 6.42 Å². The van der Waals surface area contributed by atoms with Gasteiger partial charge >= 0.3 is 12.0 Å². The van der Waals surface area contributed by atoms with Crippen molar-refractivity contribution < 1.29 is 14.3 Å². The monoisotopic (exact) mass is 238 g/mol. The van der Waals surface area contributed by atoms with Crippen LogP contribution in [0.5, 0.6) is 0 Å². The highest BCUT2D eigenvalue weighted by molar-refractivity contribution is 5.76. The Hall–Kier alpha value is -1.70. The molecule has 0 aromatic heterocycles. The normalized spacial score (nSPS) is 24.5. The van der Waals surface area contributed by atoms with Gasteiger partial charge in [0.1, 0.15) is 0 Å². The van der Waals surface area contributed by atoms with Crippen LogP contribution in [-0.4, -0.2) is 31.2 Å². The fourth-order valence-electron chi connectivity index (χ4n) is 1.96. The number of amides is 2. The Balaban J connectivity index is 2.33. The predicted molar refractivity (Wildman–Crippen MR) is 63.1 cm³/mol. The number of nitrogens with one attached hydrogen (secondary N) is 2. The molecule has 0 bridgehead atoms. The molecule has 5 nitrogen and oxygen atoms in total. The maximum absolute atomic E-state index is 11.5. The number of urea groups is 1. The number of methoxy groups -OCH3 is 1. The first-order chi connectivity index (χ1) is 8.06. The Kier molecular flexibility index (Phi) is 4.83. The first-order valence-corrected chi connectivity index (χ1v) is 5.67. The van der Waals surface area contributed by atoms with Crippen molar-refractivity contribution in [2.75, 3.05) is 7.11 Å². The topological polar surface area (TPSA) is 67.4 Å². The number of carbonyl (C=O) groups excluding carboxylic acids is 2. The standard InChI is InChI=1S/C12H18N2O3/c1-4-8(2)13-12(16)14-10-6-5-9(7-10)11(15)17-3/h1,8-10H,5-7H2,2-3H3,(H2,13,14,16)/t8-,9-,10-/m0/s1. The van der Waals surface area contributed by atoms with Crippen LogP contribution in [0.2, 0.25) is 0 Å². The molecule has 0 aliphatic heterocycles. The van der Waals surface area contributed by atoms with Gasteiger partial charge in [-0.3, -0.25) is 4.79 Å². The molecular formula is C12H18N2O3. The van der Waals surface area contributed by atoms with Crippen molar-refractivity contribution in [2.24, 2.45) is 5.92 Å². The third-order valence-corrected chi connectivity index (χ3v) is 2.90. The van der Waals surface area contributed by atoms with E-state index in [1.54, 1.807) is 6.92 Å². The number of esters is 1. The molecule has 0 aromatic carbocycles. The Labute approximate surface area is 101 Å². The van der Waals surface area contributed by atoms with Gasteiger partial charge < -0.3 is 15.4 Å². The highest BCUT2D eigenvalue weighted by Crippen LogP contribution is 2.26. The fourth-order valence-corrected chi connectivity index (χ4v) is 1.96. The second-order valence-electron chi connectivity index (χ2n) is 4.24. The van der Waals surface area contributed by atoms with Gasteiger partial charge in [0.05, 0.1) is 19.1 Å². The lowest BCUT2D eigenvalue weighted by atomic mass is 10.1. The number of ether oxygens (including phenoxy) is 1. The van der Waals surface area contributed by atoms with Crippen molar-refractivity contribution >= 4 is 12.0 Å². The summed E-state index contributed by atoms with van der Waals surface area (Å²) < 4.78 is 4.68. The van der Waals surface area contributed by atoms with Crippen LogP contribution in [0.15, 0.2) is 0 Å². The average molecular weight is 238 g/mol. The van der Waals surface area contributed by atoms with Crippen LogP contribution in [0.3, 0.4) is 0 Å². The summed E-state index contributed by atoms with van der Waals surface area (Å²) in [6.45, 7) is 1.73. The zero-order valence-electron chi connectivity index (χ0n) is 10.2. The molecule has 0 unspecified atom stereocenters. The van der Waals surface area contributed by atoms with Crippen molar-refractivity contribution in [3.8, 4) is 12.3 Å². The third kappa shape index (κ3) is 3.99. The summed E-state index contributed by atoms with van der Waals surface area (Å²) in [7, 11) is 1.38. The van der Waals surface area contributed by atoms with Crippen molar-refractivity contribution in [2.45, 2.75) is 38.3 Å². The second-order valence-corrected chi connectivity index (χ2v) is 4.24. The molecular weight excluding hydrogens is 220 g/mol. The molecule has 3 atom stereocenters. The Morgan fingerprint density at radius 2 is 2.18 bits per heavy atom. The lowest BCUT2D eigenvalue weighted by Gasteiger charge is -2.15. The number of rotatable bonds is 3. The first kappa shape index (κ1) is 13.4. The number of hydrogen-bond donors (Lipinski definition) is 2. The smallest absolute Gasteiger partial charge is 0.315 e.